The van der Waals surface area contributed by atoms with Crippen LogP contribution in [0.5, 0.6) is 0 Å². The molecule has 0 bridgehead atoms. The quantitative estimate of drug-likeness (QED) is 0.745. The maximum Gasteiger partial charge on any atom is 0.151 e. The van der Waals surface area contributed by atoms with E-state index in [1.54, 1.807) is 6.07 Å². The number of furan rings is 1. The van der Waals surface area contributed by atoms with Crippen molar-refractivity contribution >= 4 is 26.9 Å². The van der Waals surface area contributed by atoms with Crippen LogP contribution in [0.2, 0.25) is 0 Å². The average Bonchev–Trinajstić information content (AvgIpc) is 2.74. The summed E-state index contributed by atoms with van der Waals surface area (Å²) in [6.07, 6.45) is 1.89. The molecule has 0 fully saturated rings. The van der Waals surface area contributed by atoms with Gasteiger partial charge in [-0.1, -0.05) is 20.8 Å². The van der Waals surface area contributed by atoms with Crippen molar-refractivity contribution in [3.63, 3.8) is 0 Å². The number of hydrogen-bond donors (Lipinski definition) is 1. The molecule has 0 radical (unpaired) electrons. The van der Waals surface area contributed by atoms with E-state index in [0.29, 0.717) is 23.4 Å². The molecule has 0 aliphatic heterocycles. The van der Waals surface area contributed by atoms with E-state index in [1.807, 2.05) is 0 Å². The van der Waals surface area contributed by atoms with Gasteiger partial charge in [0.2, 0.25) is 0 Å². The number of rotatable bonds is 6. The van der Waals surface area contributed by atoms with Gasteiger partial charge in [-0.3, -0.25) is 0 Å². The summed E-state index contributed by atoms with van der Waals surface area (Å²) < 4.78 is 20.9. The molecule has 1 aromatic carbocycles. The Morgan fingerprint density at radius 1 is 1.35 bits per heavy atom. The monoisotopic (exact) mass is 341 g/mol. The molecule has 2 aromatic rings. The van der Waals surface area contributed by atoms with E-state index in [1.165, 1.54) is 6.07 Å². The zero-order valence-corrected chi connectivity index (χ0v) is 13.8. The summed E-state index contributed by atoms with van der Waals surface area (Å²) in [5.74, 6) is 1.11. The third kappa shape index (κ3) is 3.23. The van der Waals surface area contributed by atoms with Crippen LogP contribution in [0.3, 0.4) is 0 Å². The number of benzene rings is 1. The minimum absolute atomic E-state index is 0.204. The summed E-state index contributed by atoms with van der Waals surface area (Å²) in [5, 5.41) is 3.96. The van der Waals surface area contributed by atoms with Crippen LogP contribution in [0.1, 0.15) is 38.5 Å². The van der Waals surface area contributed by atoms with Crippen molar-refractivity contribution in [2.24, 2.45) is 5.92 Å². The predicted octanol–water partition coefficient (Wildman–Crippen LogP) is 5.03. The fourth-order valence-electron chi connectivity index (χ4n) is 2.38. The van der Waals surface area contributed by atoms with Crippen LogP contribution in [0.25, 0.3) is 11.0 Å². The molecular formula is C16H21BrFNO. The van der Waals surface area contributed by atoms with Gasteiger partial charge in [0, 0.05) is 5.56 Å². The number of nitrogens with one attached hydrogen (secondary N) is 1. The molecule has 0 unspecified atom stereocenters. The maximum absolute atomic E-state index is 14.2. The maximum atomic E-state index is 14.2. The van der Waals surface area contributed by atoms with Crippen LogP contribution in [-0.2, 0) is 13.0 Å². The number of halogens is 2. The zero-order valence-electron chi connectivity index (χ0n) is 12.2. The van der Waals surface area contributed by atoms with E-state index in [-0.39, 0.29) is 5.82 Å². The Morgan fingerprint density at radius 3 is 2.75 bits per heavy atom. The molecule has 20 heavy (non-hydrogen) atoms. The first kappa shape index (κ1) is 15.5. The Bertz CT molecular complexity index is 592. The highest BCUT2D eigenvalue weighted by atomic mass is 79.9. The Labute approximate surface area is 127 Å². The smallest absolute Gasteiger partial charge is 0.151 e. The molecule has 1 heterocycles. The Hall–Kier alpha value is -0.870. The van der Waals surface area contributed by atoms with Crippen LogP contribution < -0.4 is 5.32 Å². The van der Waals surface area contributed by atoms with Gasteiger partial charge in [-0.2, -0.15) is 0 Å². The molecule has 0 saturated carbocycles. The second-order valence-corrected chi connectivity index (χ2v) is 6.37. The van der Waals surface area contributed by atoms with Crippen molar-refractivity contribution in [3.05, 3.63) is 33.7 Å². The topological polar surface area (TPSA) is 25.2 Å². The molecule has 0 amide bonds. The molecule has 4 heteroatoms. The molecule has 0 saturated heterocycles. The lowest BCUT2D eigenvalue weighted by Gasteiger charge is -2.07. The van der Waals surface area contributed by atoms with E-state index in [4.69, 9.17) is 4.42 Å². The largest absolute Gasteiger partial charge is 0.458 e. The van der Waals surface area contributed by atoms with Gasteiger partial charge in [-0.25, -0.2) is 4.39 Å². The van der Waals surface area contributed by atoms with Crippen LogP contribution in [-0.4, -0.2) is 6.54 Å². The minimum atomic E-state index is -0.204. The molecule has 1 aromatic heterocycles. The van der Waals surface area contributed by atoms with Gasteiger partial charge in [0.05, 0.1) is 16.4 Å². The third-order valence-corrected chi connectivity index (χ3v) is 3.87. The van der Waals surface area contributed by atoms with Gasteiger partial charge in [-0.05, 0) is 53.4 Å². The van der Waals surface area contributed by atoms with Gasteiger partial charge >= 0.3 is 0 Å². The van der Waals surface area contributed by atoms with Crippen LogP contribution >= 0.6 is 15.9 Å². The van der Waals surface area contributed by atoms with Crippen molar-refractivity contribution in [1.82, 2.24) is 5.32 Å². The first-order valence-electron chi connectivity index (χ1n) is 7.13. The lowest BCUT2D eigenvalue weighted by Crippen LogP contribution is -2.14. The van der Waals surface area contributed by atoms with E-state index < -0.39 is 0 Å². The molecule has 0 spiro atoms. The van der Waals surface area contributed by atoms with Crippen molar-refractivity contribution in [1.29, 1.82) is 0 Å². The lowest BCUT2D eigenvalue weighted by atomic mass is 9.99. The summed E-state index contributed by atoms with van der Waals surface area (Å²) in [5.41, 5.74) is 1.62. The van der Waals surface area contributed by atoms with Crippen molar-refractivity contribution in [2.75, 3.05) is 6.54 Å². The fourth-order valence-corrected chi connectivity index (χ4v) is 2.80. The highest BCUT2D eigenvalue weighted by Crippen LogP contribution is 2.34. The van der Waals surface area contributed by atoms with Crippen LogP contribution in [0.15, 0.2) is 21.0 Å². The highest BCUT2D eigenvalue weighted by Gasteiger charge is 2.19. The summed E-state index contributed by atoms with van der Waals surface area (Å²) in [7, 11) is 0. The Morgan fingerprint density at radius 2 is 2.10 bits per heavy atom. The third-order valence-electron chi connectivity index (χ3n) is 3.25. The van der Waals surface area contributed by atoms with Gasteiger partial charge < -0.3 is 9.73 Å². The fraction of sp³-hybridized carbons (Fsp3) is 0.500. The van der Waals surface area contributed by atoms with Crippen molar-refractivity contribution in [2.45, 2.75) is 40.2 Å². The van der Waals surface area contributed by atoms with E-state index in [0.717, 1.165) is 35.2 Å². The van der Waals surface area contributed by atoms with Gasteiger partial charge in [-0.15, -0.1) is 0 Å². The molecule has 1 N–H and O–H groups in total. The molecule has 0 aliphatic rings. The van der Waals surface area contributed by atoms with E-state index >= 15 is 0 Å². The zero-order chi connectivity index (χ0) is 14.7. The lowest BCUT2D eigenvalue weighted by molar-refractivity contribution is 0.500. The first-order valence-corrected chi connectivity index (χ1v) is 7.92. The summed E-state index contributed by atoms with van der Waals surface area (Å²) in [6.45, 7) is 7.98. The second-order valence-electron chi connectivity index (χ2n) is 5.51. The normalized spacial score (nSPS) is 11.7. The highest BCUT2D eigenvalue weighted by molar-refractivity contribution is 9.10. The Kier molecular flexibility index (Phi) is 5.22. The standard InChI is InChI=1S/C16H21BrFNO/c1-4-7-19-9-14-11(8-10(2)3)15-13(18)6-5-12(17)16(15)20-14/h5-6,10,19H,4,7-9H2,1-3H3. The Balaban J connectivity index is 2.49. The van der Waals surface area contributed by atoms with Crippen molar-refractivity contribution in [3.8, 4) is 0 Å². The summed E-state index contributed by atoms with van der Waals surface area (Å²) in [4.78, 5) is 0. The van der Waals surface area contributed by atoms with Gasteiger partial charge in [0.25, 0.3) is 0 Å². The van der Waals surface area contributed by atoms with E-state index in [9.17, 15) is 4.39 Å². The van der Waals surface area contributed by atoms with Crippen LogP contribution in [0.4, 0.5) is 4.39 Å². The SMILES string of the molecule is CCCNCc1oc2c(Br)ccc(F)c2c1CC(C)C. The molecule has 110 valence electrons. The molecule has 2 rings (SSSR count). The molecule has 2 nitrogen and oxygen atoms in total. The predicted molar refractivity (Wildman–Crippen MR) is 84.4 cm³/mol. The number of fused-ring (bicyclic) bond motifs is 1. The van der Waals surface area contributed by atoms with Gasteiger partial charge in [0.15, 0.2) is 5.58 Å². The minimum Gasteiger partial charge on any atom is -0.458 e. The van der Waals surface area contributed by atoms with Crippen molar-refractivity contribution < 1.29 is 8.81 Å². The average molecular weight is 342 g/mol. The van der Waals surface area contributed by atoms with E-state index in [2.05, 4.69) is 42.0 Å². The summed E-state index contributed by atoms with van der Waals surface area (Å²) in [6, 6.07) is 3.19. The number of hydrogen-bond acceptors (Lipinski definition) is 2. The summed E-state index contributed by atoms with van der Waals surface area (Å²) >= 11 is 3.45. The van der Waals surface area contributed by atoms with Gasteiger partial charge in [0.1, 0.15) is 11.6 Å². The first-order chi connectivity index (χ1) is 9.54. The molecule has 0 atom stereocenters. The van der Waals surface area contributed by atoms with Crippen LogP contribution in [0, 0.1) is 11.7 Å². The second kappa shape index (κ2) is 6.72. The molecular weight excluding hydrogens is 321 g/mol. The molecule has 0 aliphatic carbocycles.